The number of likely N-dealkylation sites (N-methyl/N-ethyl adjacent to an activating group) is 1. The number of methoxy groups -OCH3 is 1. The van der Waals surface area contributed by atoms with E-state index in [4.69, 9.17) is 18.9 Å². The van der Waals surface area contributed by atoms with Crippen LogP contribution in [0.3, 0.4) is 0 Å². The van der Waals surface area contributed by atoms with Gasteiger partial charge in [-0.15, -0.1) is 0 Å². The largest absolute Gasteiger partial charge is 0.497 e. The number of carbonyl (C=O) groups excluding carboxylic acids is 2. The molecule has 10 heteroatoms. The van der Waals surface area contributed by atoms with Crippen LogP contribution in [0, 0.1) is 0 Å². The standard InChI is InChI=1S/C24H28N4O6/c1-24(2)33-19-18-13-27(3)28(22(32-18)20(19)34-24)23(30)26-16-7-5-6-14(12-16)21(29)25-15-8-10-17(31-4)11-9-15/h5-12,18-20,22H,13H2,1-4H3,(H,25,29)(H,26,30)/t18-,19-,20-,22-/m1/s1. The van der Waals surface area contributed by atoms with Gasteiger partial charge in [-0.1, -0.05) is 6.07 Å². The van der Waals surface area contributed by atoms with Crippen molar-refractivity contribution in [3.05, 3.63) is 54.1 Å². The van der Waals surface area contributed by atoms with Crippen molar-refractivity contribution in [3.63, 3.8) is 0 Å². The van der Waals surface area contributed by atoms with Gasteiger partial charge < -0.3 is 29.6 Å². The smallest absolute Gasteiger partial charge is 0.338 e. The second-order valence-electron chi connectivity index (χ2n) is 9.01. The van der Waals surface area contributed by atoms with Crippen LogP contribution in [0.15, 0.2) is 48.5 Å². The Morgan fingerprint density at radius 3 is 2.50 bits per heavy atom. The fourth-order valence-corrected chi connectivity index (χ4v) is 4.61. The highest BCUT2D eigenvalue weighted by atomic mass is 16.8. The van der Waals surface area contributed by atoms with E-state index in [-0.39, 0.29) is 30.3 Å². The molecule has 3 saturated heterocycles. The maximum absolute atomic E-state index is 13.2. The molecule has 3 aliphatic heterocycles. The lowest BCUT2D eigenvalue weighted by Gasteiger charge is -2.42. The van der Waals surface area contributed by atoms with Crippen molar-refractivity contribution in [3.8, 4) is 5.75 Å². The third kappa shape index (κ3) is 4.21. The Labute approximate surface area is 197 Å². The number of ether oxygens (including phenoxy) is 4. The highest BCUT2D eigenvalue weighted by Crippen LogP contribution is 2.42. The Morgan fingerprint density at radius 1 is 1.03 bits per heavy atom. The molecule has 3 aliphatic rings. The minimum atomic E-state index is -0.723. The third-order valence-electron chi connectivity index (χ3n) is 6.11. The Balaban J connectivity index is 1.27. The van der Waals surface area contributed by atoms with Crippen LogP contribution in [0.5, 0.6) is 5.75 Å². The highest BCUT2D eigenvalue weighted by molar-refractivity contribution is 6.05. The average Bonchev–Trinajstić information content (AvgIpc) is 3.26. The molecule has 0 saturated carbocycles. The topological polar surface area (TPSA) is 102 Å². The number of anilines is 2. The van der Waals surface area contributed by atoms with Gasteiger partial charge in [0.1, 0.15) is 24.1 Å². The number of nitrogens with one attached hydrogen (secondary N) is 2. The van der Waals surface area contributed by atoms with Crippen molar-refractivity contribution in [2.24, 2.45) is 0 Å². The van der Waals surface area contributed by atoms with Crippen LogP contribution in [0.4, 0.5) is 16.2 Å². The molecule has 2 N–H and O–H groups in total. The van der Waals surface area contributed by atoms with Crippen molar-refractivity contribution >= 4 is 23.3 Å². The molecular formula is C24H28N4O6. The van der Waals surface area contributed by atoms with E-state index in [0.717, 1.165) is 0 Å². The first kappa shape index (κ1) is 22.6. The van der Waals surface area contributed by atoms with Crippen molar-refractivity contribution in [2.45, 2.75) is 44.2 Å². The van der Waals surface area contributed by atoms with Crippen LogP contribution >= 0.6 is 0 Å². The average molecular weight is 469 g/mol. The molecule has 180 valence electrons. The van der Waals surface area contributed by atoms with E-state index in [1.807, 2.05) is 25.9 Å². The van der Waals surface area contributed by atoms with E-state index in [1.54, 1.807) is 55.6 Å². The number of fused-ring (bicyclic) bond motifs is 5. The van der Waals surface area contributed by atoms with E-state index >= 15 is 0 Å². The van der Waals surface area contributed by atoms with Gasteiger partial charge in [-0.2, -0.15) is 0 Å². The number of hydrazine groups is 1. The third-order valence-corrected chi connectivity index (χ3v) is 6.11. The van der Waals surface area contributed by atoms with Gasteiger partial charge in [0.05, 0.1) is 7.11 Å². The monoisotopic (exact) mass is 468 g/mol. The first-order valence-electron chi connectivity index (χ1n) is 11.1. The molecule has 2 aromatic carbocycles. The maximum atomic E-state index is 13.2. The molecule has 3 amide bonds. The van der Waals surface area contributed by atoms with Crippen molar-refractivity contribution < 1.29 is 28.5 Å². The Hall–Kier alpha value is -3.18. The summed E-state index contributed by atoms with van der Waals surface area (Å²) in [5.74, 6) is -0.313. The summed E-state index contributed by atoms with van der Waals surface area (Å²) in [5, 5.41) is 9.03. The number of rotatable bonds is 4. The van der Waals surface area contributed by atoms with Crippen molar-refractivity contribution in [1.82, 2.24) is 10.0 Å². The summed E-state index contributed by atoms with van der Waals surface area (Å²) in [6.07, 6.45) is -1.38. The molecule has 3 heterocycles. The lowest BCUT2D eigenvalue weighted by molar-refractivity contribution is -0.247. The molecule has 0 spiro atoms. The van der Waals surface area contributed by atoms with E-state index < -0.39 is 12.0 Å². The number of hydrogen-bond acceptors (Lipinski definition) is 7. The minimum absolute atomic E-state index is 0.171. The second kappa shape index (κ2) is 8.55. The lowest BCUT2D eigenvalue weighted by atomic mass is 10.1. The van der Waals surface area contributed by atoms with Crippen LogP contribution in [0.1, 0.15) is 24.2 Å². The molecule has 34 heavy (non-hydrogen) atoms. The number of nitrogens with zero attached hydrogens (tertiary/aromatic N) is 2. The normalized spacial score (nSPS) is 27.2. The molecule has 0 radical (unpaired) electrons. The summed E-state index contributed by atoms with van der Waals surface area (Å²) < 4.78 is 23.2. The molecular weight excluding hydrogens is 440 g/mol. The van der Waals surface area contributed by atoms with Gasteiger partial charge >= 0.3 is 6.03 Å². The van der Waals surface area contributed by atoms with Gasteiger partial charge in [-0.05, 0) is 56.3 Å². The Kier molecular flexibility index (Phi) is 5.68. The van der Waals surface area contributed by atoms with E-state index in [2.05, 4.69) is 10.6 Å². The van der Waals surface area contributed by atoms with Crippen LogP contribution in [0.2, 0.25) is 0 Å². The fraction of sp³-hybridized carbons (Fsp3) is 0.417. The minimum Gasteiger partial charge on any atom is -0.497 e. The number of carbonyl (C=O) groups is 2. The van der Waals surface area contributed by atoms with Crippen molar-refractivity contribution in [1.29, 1.82) is 0 Å². The number of hydrogen-bond donors (Lipinski definition) is 2. The molecule has 0 aromatic heterocycles. The first-order chi connectivity index (χ1) is 16.2. The summed E-state index contributed by atoms with van der Waals surface area (Å²) in [4.78, 5) is 26.0. The van der Waals surface area contributed by atoms with Crippen molar-refractivity contribution in [2.75, 3.05) is 31.3 Å². The van der Waals surface area contributed by atoms with Gasteiger partial charge in [0.15, 0.2) is 12.0 Å². The molecule has 0 unspecified atom stereocenters. The molecule has 4 atom stereocenters. The SMILES string of the molecule is COc1ccc(NC(=O)c2cccc(NC(=O)N3[C@@H]4O[C@H](CN3C)[C@H]3OC(C)(C)O[C@H]34)c2)cc1. The zero-order valence-corrected chi connectivity index (χ0v) is 19.5. The summed E-state index contributed by atoms with van der Waals surface area (Å²) in [5.41, 5.74) is 1.54. The quantitative estimate of drug-likeness (QED) is 0.712. The predicted molar refractivity (Wildman–Crippen MR) is 123 cm³/mol. The highest BCUT2D eigenvalue weighted by Gasteiger charge is 2.61. The second-order valence-corrected chi connectivity index (χ2v) is 9.01. The summed E-state index contributed by atoms with van der Waals surface area (Å²) in [6.45, 7) is 4.21. The predicted octanol–water partition coefficient (Wildman–Crippen LogP) is 2.89. The van der Waals surface area contributed by atoms with Gasteiger partial charge in [-0.3, -0.25) is 4.79 Å². The molecule has 2 bridgehead atoms. The van der Waals surface area contributed by atoms with Gasteiger partial charge in [-0.25, -0.2) is 14.8 Å². The van der Waals surface area contributed by atoms with E-state index in [0.29, 0.717) is 29.2 Å². The summed E-state index contributed by atoms with van der Waals surface area (Å²) >= 11 is 0. The number of benzene rings is 2. The van der Waals surface area contributed by atoms with Gasteiger partial charge in [0.2, 0.25) is 0 Å². The van der Waals surface area contributed by atoms with E-state index in [9.17, 15) is 9.59 Å². The number of amides is 3. The first-order valence-corrected chi connectivity index (χ1v) is 11.1. The summed E-state index contributed by atoms with van der Waals surface area (Å²) in [6, 6.07) is 13.4. The Bertz CT molecular complexity index is 1090. The molecule has 5 rings (SSSR count). The van der Waals surface area contributed by atoms with Gasteiger partial charge in [0.25, 0.3) is 5.91 Å². The molecule has 10 nitrogen and oxygen atoms in total. The molecule has 0 aliphatic carbocycles. The van der Waals surface area contributed by atoms with Crippen LogP contribution in [0.25, 0.3) is 0 Å². The number of urea groups is 1. The summed E-state index contributed by atoms with van der Waals surface area (Å²) in [7, 11) is 3.41. The molecule has 3 fully saturated rings. The van der Waals surface area contributed by atoms with Gasteiger partial charge in [0, 0.05) is 30.5 Å². The van der Waals surface area contributed by atoms with Crippen LogP contribution in [-0.2, 0) is 14.2 Å². The van der Waals surface area contributed by atoms with Crippen LogP contribution < -0.4 is 15.4 Å². The maximum Gasteiger partial charge on any atom is 0.338 e. The lowest BCUT2D eigenvalue weighted by Crippen LogP contribution is -2.59. The van der Waals surface area contributed by atoms with Crippen LogP contribution in [-0.4, -0.2) is 73.0 Å². The fourth-order valence-electron chi connectivity index (χ4n) is 4.61. The molecule has 2 aromatic rings. The zero-order valence-electron chi connectivity index (χ0n) is 19.5. The zero-order chi connectivity index (χ0) is 24.0. The Morgan fingerprint density at radius 2 is 1.76 bits per heavy atom. The van der Waals surface area contributed by atoms with E-state index in [1.165, 1.54) is 5.01 Å².